The Hall–Kier alpha value is -0.520. The second-order valence-corrected chi connectivity index (χ2v) is 8.63. The van der Waals surface area contributed by atoms with Gasteiger partial charge < -0.3 is 68.3 Å². The summed E-state index contributed by atoms with van der Waals surface area (Å²) in [5, 5.41) is 21.2. The van der Waals surface area contributed by atoms with E-state index in [0.717, 1.165) is 0 Å². The first kappa shape index (κ1) is 25.1. The molecule has 13 atom stereocenters. The van der Waals surface area contributed by atoms with Crippen molar-refractivity contribution in [1.29, 1.82) is 0 Å². The molecule has 2 saturated heterocycles. The van der Waals surface area contributed by atoms with E-state index in [0.29, 0.717) is 12.8 Å². The van der Waals surface area contributed by atoms with Crippen molar-refractivity contribution in [3.63, 3.8) is 0 Å². The molecular weight excluding hydrogens is 412 g/mol. The van der Waals surface area contributed by atoms with Crippen molar-refractivity contribution in [2.75, 3.05) is 20.3 Å². The molecule has 13 heteroatoms. The molecule has 0 radical (unpaired) electrons. The minimum absolute atomic E-state index is 0.191. The van der Waals surface area contributed by atoms with Gasteiger partial charge >= 0.3 is 0 Å². The first-order valence-corrected chi connectivity index (χ1v) is 10.6. The van der Waals surface area contributed by atoms with Crippen LogP contribution in [0.4, 0.5) is 0 Å². The first-order chi connectivity index (χ1) is 14.7. The maximum atomic E-state index is 11.0. The molecule has 0 aromatic heterocycles. The lowest BCUT2D eigenvalue weighted by Crippen LogP contribution is -2.68. The molecule has 182 valence electrons. The lowest BCUT2D eigenvalue weighted by atomic mass is 9.84. The van der Waals surface area contributed by atoms with Crippen LogP contribution in [0.25, 0.3) is 0 Å². The number of aliphatic hydroxyl groups excluding tert-OH is 2. The molecule has 3 rings (SSSR count). The fraction of sp³-hybridized carbons (Fsp3) is 1.00. The van der Waals surface area contributed by atoms with E-state index in [9.17, 15) is 10.2 Å². The van der Waals surface area contributed by atoms with Crippen LogP contribution in [0.5, 0.6) is 0 Å². The normalized spacial score (nSPS) is 51.6. The van der Waals surface area contributed by atoms with E-state index < -0.39 is 73.3 Å². The van der Waals surface area contributed by atoms with Gasteiger partial charge in [0.15, 0.2) is 12.6 Å². The zero-order chi connectivity index (χ0) is 22.9. The van der Waals surface area contributed by atoms with Gasteiger partial charge in [0.05, 0.1) is 43.0 Å². The number of ether oxygens (including phenoxy) is 5. The smallest absolute Gasteiger partial charge is 0.176 e. The molecule has 1 aliphatic carbocycles. The van der Waals surface area contributed by atoms with E-state index in [1.807, 2.05) is 0 Å². The maximum Gasteiger partial charge on any atom is 0.176 e. The first-order valence-electron chi connectivity index (χ1n) is 10.6. The van der Waals surface area contributed by atoms with E-state index in [1.165, 1.54) is 7.11 Å². The molecule has 0 aromatic carbocycles. The molecular formula is C18H38N6O7. The Balaban J connectivity index is 1.68. The lowest BCUT2D eigenvalue weighted by Gasteiger charge is -2.47. The highest BCUT2D eigenvalue weighted by Crippen LogP contribution is 2.29. The third-order valence-electron chi connectivity index (χ3n) is 6.41. The third kappa shape index (κ3) is 5.35. The summed E-state index contributed by atoms with van der Waals surface area (Å²) in [4.78, 5) is 0. The second kappa shape index (κ2) is 10.6. The van der Waals surface area contributed by atoms with Crippen molar-refractivity contribution in [3.05, 3.63) is 0 Å². The monoisotopic (exact) mass is 450 g/mol. The van der Waals surface area contributed by atoms with Gasteiger partial charge in [0.25, 0.3) is 0 Å². The van der Waals surface area contributed by atoms with Crippen LogP contribution in [0.3, 0.4) is 0 Å². The van der Waals surface area contributed by atoms with Crippen LogP contribution in [-0.2, 0) is 23.7 Å². The van der Waals surface area contributed by atoms with E-state index in [4.69, 9.17) is 58.1 Å². The number of rotatable bonds is 6. The predicted molar refractivity (Wildman–Crippen MR) is 109 cm³/mol. The Labute approximate surface area is 181 Å². The summed E-state index contributed by atoms with van der Waals surface area (Å²) in [5.74, 6) is 0. The quantitative estimate of drug-likeness (QED) is 0.189. The van der Waals surface area contributed by atoms with Gasteiger partial charge in [-0.25, -0.2) is 0 Å². The van der Waals surface area contributed by atoms with Crippen LogP contribution >= 0.6 is 0 Å². The molecule has 0 unspecified atom stereocenters. The molecule has 0 bridgehead atoms. The lowest BCUT2D eigenvalue weighted by molar-refractivity contribution is -0.287. The van der Waals surface area contributed by atoms with Crippen molar-refractivity contribution < 1.29 is 33.9 Å². The molecule has 3 fully saturated rings. The van der Waals surface area contributed by atoms with Gasteiger partial charge in [0, 0.05) is 32.2 Å². The number of nitrogens with two attached hydrogens (primary N) is 6. The van der Waals surface area contributed by atoms with Crippen molar-refractivity contribution in [1.82, 2.24) is 0 Å². The highest BCUT2D eigenvalue weighted by molar-refractivity contribution is 5.01. The fourth-order valence-corrected chi connectivity index (χ4v) is 4.36. The highest BCUT2D eigenvalue weighted by atomic mass is 16.7. The van der Waals surface area contributed by atoms with E-state index in [2.05, 4.69) is 0 Å². The molecule has 0 amide bonds. The van der Waals surface area contributed by atoms with Gasteiger partial charge in [0.1, 0.15) is 18.3 Å². The minimum atomic E-state index is -1.22. The third-order valence-corrected chi connectivity index (χ3v) is 6.41. The van der Waals surface area contributed by atoms with Gasteiger partial charge in [-0.1, -0.05) is 0 Å². The molecule has 13 nitrogen and oxygen atoms in total. The zero-order valence-electron chi connectivity index (χ0n) is 17.7. The standard InChI is InChI=1S/C18H38N6O7/c1-27-10-5-28-17(13(24)12(10)23)30-15-7(20)3-8(21)16(14(15)26)31-18-11(22)9(25)2-6(4-19)29-18/h6-18,25-26H,2-5,19-24H2,1H3/t6-,7-,8-,9-,10+,11-,12+,13-,14+,15-,16+,17-,18-/m1/s1. The van der Waals surface area contributed by atoms with Gasteiger partial charge in [-0.2, -0.15) is 0 Å². The Morgan fingerprint density at radius 3 is 2.06 bits per heavy atom. The number of methoxy groups -OCH3 is 1. The molecule has 14 N–H and O–H groups in total. The minimum Gasteiger partial charge on any atom is -0.391 e. The summed E-state index contributed by atoms with van der Waals surface area (Å²) >= 11 is 0. The van der Waals surface area contributed by atoms with Crippen LogP contribution in [0.2, 0.25) is 0 Å². The highest BCUT2D eigenvalue weighted by Gasteiger charge is 2.48. The molecule has 1 saturated carbocycles. The van der Waals surface area contributed by atoms with Crippen molar-refractivity contribution >= 4 is 0 Å². The Kier molecular flexibility index (Phi) is 8.59. The van der Waals surface area contributed by atoms with Crippen molar-refractivity contribution in [2.45, 2.75) is 92.3 Å². The summed E-state index contributed by atoms with van der Waals surface area (Å²) in [6.07, 6.45) is -5.96. The second-order valence-electron chi connectivity index (χ2n) is 8.63. The number of hydrogen-bond acceptors (Lipinski definition) is 13. The van der Waals surface area contributed by atoms with Crippen LogP contribution in [0, 0.1) is 0 Å². The van der Waals surface area contributed by atoms with Crippen LogP contribution in [-0.4, -0.2) is 110 Å². The summed E-state index contributed by atoms with van der Waals surface area (Å²) < 4.78 is 28.5. The van der Waals surface area contributed by atoms with Crippen molar-refractivity contribution in [3.8, 4) is 0 Å². The molecule has 0 aromatic rings. The average Bonchev–Trinajstić information content (AvgIpc) is 2.74. The summed E-state index contributed by atoms with van der Waals surface area (Å²) in [6.45, 7) is 0.385. The SMILES string of the molecule is CO[C@H]1CO[C@H](O[C@H]2[C@H](O)[C@@H](O[C@H]3O[C@@H](CN)C[C@@H](O)[C@H]3N)[C@H](N)C[C@H]2N)[C@H](N)[C@H]1N. The van der Waals surface area contributed by atoms with Gasteiger partial charge in [-0.05, 0) is 6.42 Å². The van der Waals surface area contributed by atoms with Crippen LogP contribution < -0.4 is 34.4 Å². The summed E-state index contributed by atoms with van der Waals surface area (Å²) in [6, 6.07) is -3.24. The molecule has 0 spiro atoms. The van der Waals surface area contributed by atoms with Crippen LogP contribution in [0.15, 0.2) is 0 Å². The largest absolute Gasteiger partial charge is 0.391 e. The molecule has 3 aliphatic rings. The number of aliphatic hydroxyl groups is 2. The predicted octanol–water partition coefficient (Wildman–Crippen LogP) is -5.04. The fourth-order valence-electron chi connectivity index (χ4n) is 4.36. The van der Waals surface area contributed by atoms with Gasteiger partial charge in [-0.15, -0.1) is 0 Å². The summed E-state index contributed by atoms with van der Waals surface area (Å²) in [5.41, 5.74) is 36.4. The Morgan fingerprint density at radius 2 is 1.48 bits per heavy atom. The molecule has 2 heterocycles. The average molecular weight is 451 g/mol. The van der Waals surface area contributed by atoms with Crippen LogP contribution in [0.1, 0.15) is 12.8 Å². The Bertz CT molecular complexity index is 580. The number of hydrogen-bond donors (Lipinski definition) is 8. The Morgan fingerprint density at radius 1 is 0.871 bits per heavy atom. The topological polar surface area (TPSA) is 243 Å². The van der Waals surface area contributed by atoms with E-state index in [1.54, 1.807) is 0 Å². The molecule has 2 aliphatic heterocycles. The van der Waals surface area contributed by atoms with E-state index >= 15 is 0 Å². The van der Waals surface area contributed by atoms with Crippen molar-refractivity contribution in [2.24, 2.45) is 34.4 Å². The zero-order valence-corrected chi connectivity index (χ0v) is 17.7. The molecule has 31 heavy (non-hydrogen) atoms. The van der Waals surface area contributed by atoms with E-state index in [-0.39, 0.29) is 19.3 Å². The summed E-state index contributed by atoms with van der Waals surface area (Å²) in [7, 11) is 1.52. The van der Waals surface area contributed by atoms with Gasteiger partial charge in [0.2, 0.25) is 0 Å². The van der Waals surface area contributed by atoms with Gasteiger partial charge in [-0.3, -0.25) is 0 Å². The maximum absolute atomic E-state index is 11.0.